The number of benzene rings is 2. The largest absolute Gasteiger partial charge is 0.454 e. The van der Waals surface area contributed by atoms with E-state index in [4.69, 9.17) is 9.15 Å². The van der Waals surface area contributed by atoms with E-state index in [-0.39, 0.29) is 25.1 Å². The number of carbonyl (C=O) groups excluding carboxylic acids is 2. The van der Waals surface area contributed by atoms with Gasteiger partial charge >= 0.3 is 11.7 Å². The van der Waals surface area contributed by atoms with Crippen LogP contribution >= 0.6 is 0 Å². The number of nitrogens with zero attached hydrogens (tertiary/aromatic N) is 2. The Bertz CT molecular complexity index is 1080. The van der Waals surface area contributed by atoms with Crippen LogP contribution in [-0.4, -0.2) is 29.1 Å². The Kier molecular flexibility index (Phi) is 4.27. The van der Waals surface area contributed by atoms with Gasteiger partial charge in [-0.25, -0.2) is 4.79 Å². The van der Waals surface area contributed by atoms with Crippen molar-refractivity contribution >= 4 is 28.7 Å². The van der Waals surface area contributed by atoms with Crippen molar-refractivity contribution in [3.05, 3.63) is 64.6 Å². The van der Waals surface area contributed by atoms with Crippen molar-refractivity contribution in [3.63, 3.8) is 0 Å². The zero-order chi connectivity index (χ0) is 19.0. The second-order valence-electron chi connectivity index (χ2n) is 6.53. The zero-order valence-corrected chi connectivity index (χ0v) is 14.8. The van der Waals surface area contributed by atoms with Crippen molar-refractivity contribution in [2.45, 2.75) is 25.9 Å². The van der Waals surface area contributed by atoms with Gasteiger partial charge < -0.3 is 14.1 Å². The molecule has 0 bridgehead atoms. The molecule has 0 unspecified atom stereocenters. The van der Waals surface area contributed by atoms with E-state index in [2.05, 4.69) is 0 Å². The molecule has 2 heterocycles. The average Bonchev–Trinajstić information content (AvgIpc) is 3.16. The number of para-hydroxylation sites is 3. The summed E-state index contributed by atoms with van der Waals surface area (Å²) in [6.45, 7) is 1.27. The van der Waals surface area contributed by atoms with Crippen molar-refractivity contribution in [3.8, 4) is 0 Å². The number of fused-ring (bicyclic) bond motifs is 2. The van der Waals surface area contributed by atoms with Gasteiger partial charge in [-0.2, -0.15) is 0 Å². The van der Waals surface area contributed by atoms with Crippen molar-refractivity contribution in [1.82, 2.24) is 4.57 Å². The zero-order valence-electron chi connectivity index (χ0n) is 14.8. The first kappa shape index (κ1) is 17.1. The van der Waals surface area contributed by atoms with Crippen LogP contribution in [0.3, 0.4) is 0 Å². The minimum atomic E-state index is -0.669. The maximum Gasteiger partial charge on any atom is 0.420 e. The molecular formula is C20H18N2O5. The molecule has 1 aliphatic rings. The number of esters is 1. The van der Waals surface area contributed by atoms with Crippen LogP contribution in [0.1, 0.15) is 12.5 Å². The Balaban J connectivity index is 1.43. The highest BCUT2D eigenvalue weighted by Crippen LogP contribution is 2.31. The molecule has 7 nitrogen and oxygen atoms in total. The summed E-state index contributed by atoms with van der Waals surface area (Å²) in [7, 11) is 0. The molecule has 27 heavy (non-hydrogen) atoms. The summed E-state index contributed by atoms with van der Waals surface area (Å²) >= 11 is 0. The van der Waals surface area contributed by atoms with Crippen LogP contribution in [0, 0.1) is 0 Å². The summed E-state index contributed by atoms with van der Waals surface area (Å²) in [6.07, 6.45) is 0.770. The summed E-state index contributed by atoms with van der Waals surface area (Å²) in [5.41, 5.74) is 2.85. The molecule has 0 aliphatic carbocycles. The van der Waals surface area contributed by atoms with Gasteiger partial charge in [0.25, 0.3) is 5.91 Å². The van der Waals surface area contributed by atoms with E-state index >= 15 is 0 Å². The fourth-order valence-corrected chi connectivity index (χ4v) is 3.50. The van der Waals surface area contributed by atoms with Gasteiger partial charge in [0.15, 0.2) is 12.2 Å². The summed E-state index contributed by atoms with van der Waals surface area (Å²) < 4.78 is 11.4. The molecular weight excluding hydrogens is 348 g/mol. The highest BCUT2D eigenvalue weighted by molar-refractivity contribution is 5.97. The smallest absolute Gasteiger partial charge is 0.420 e. The average molecular weight is 366 g/mol. The summed E-state index contributed by atoms with van der Waals surface area (Å²) in [5, 5.41) is 0. The Hall–Kier alpha value is -3.35. The predicted octanol–water partition coefficient (Wildman–Crippen LogP) is 2.12. The standard InChI is InChI=1S/C20H18N2O5/c1-13-10-14-6-2-3-7-15(14)22(13)18(23)12-26-19(24)11-21-16-8-4-5-9-17(16)27-20(21)25/h2-9,13H,10-12H2,1H3/t13-/m1/s1. The fraction of sp³-hybridized carbons (Fsp3) is 0.250. The maximum atomic E-state index is 12.6. The van der Waals surface area contributed by atoms with Gasteiger partial charge in [-0.3, -0.25) is 14.2 Å². The normalized spacial score (nSPS) is 15.7. The third kappa shape index (κ3) is 3.12. The van der Waals surface area contributed by atoms with Crippen LogP contribution in [0.15, 0.2) is 57.7 Å². The van der Waals surface area contributed by atoms with Gasteiger partial charge in [-0.1, -0.05) is 30.3 Å². The molecule has 0 saturated carbocycles. The Labute approximate surface area is 154 Å². The van der Waals surface area contributed by atoms with Gasteiger partial charge in [0.2, 0.25) is 0 Å². The van der Waals surface area contributed by atoms with E-state index in [1.165, 1.54) is 4.57 Å². The molecule has 1 aromatic heterocycles. The number of hydrogen-bond acceptors (Lipinski definition) is 5. The van der Waals surface area contributed by atoms with Gasteiger partial charge in [0, 0.05) is 11.7 Å². The van der Waals surface area contributed by atoms with E-state index < -0.39 is 11.7 Å². The van der Waals surface area contributed by atoms with Crippen molar-refractivity contribution in [1.29, 1.82) is 0 Å². The highest BCUT2D eigenvalue weighted by atomic mass is 16.5. The first-order valence-electron chi connectivity index (χ1n) is 8.68. The second-order valence-corrected chi connectivity index (χ2v) is 6.53. The lowest BCUT2D eigenvalue weighted by Gasteiger charge is -2.22. The Morgan fingerprint density at radius 1 is 1.15 bits per heavy atom. The number of hydrogen-bond donors (Lipinski definition) is 0. The molecule has 2 aromatic carbocycles. The van der Waals surface area contributed by atoms with Crippen LogP contribution in [0.2, 0.25) is 0 Å². The summed E-state index contributed by atoms with van der Waals surface area (Å²) in [4.78, 5) is 38.3. The molecule has 0 spiro atoms. The van der Waals surface area contributed by atoms with Crippen molar-refractivity contribution in [2.24, 2.45) is 0 Å². The lowest BCUT2D eigenvalue weighted by Crippen LogP contribution is -2.39. The molecule has 7 heteroatoms. The number of aromatic nitrogens is 1. The fourth-order valence-electron chi connectivity index (χ4n) is 3.50. The number of oxazole rings is 1. The number of amides is 1. The molecule has 0 saturated heterocycles. The van der Waals surface area contributed by atoms with E-state index in [0.717, 1.165) is 17.7 Å². The maximum absolute atomic E-state index is 12.6. The van der Waals surface area contributed by atoms with E-state index in [1.54, 1.807) is 29.2 Å². The molecule has 1 aliphatic heterocycles. The molecule has 0 N–H and O–H groups in total. The number of rotatable bonds is 4. The minimum Gasteiger partial charge on any atom is -0.454 e. The van der Waals surface area contributed by atoms with Crippen LogP contribution in [-0.2, 0) is 27.3 Å². The molecule has 0 radical (unpaired) electrons. The SMILES string of the molecule is C[C@@H]1Cc2ccccc2N1C(=O)COC(=O)Cn1c(=O)oc2ccccc21. The third-order valence-corrected chi connectivity index (χ3v) is 4.69. The lowest BCUT2D eigenvalue weighted by atomic mass is 10.1. The molecule has 1 amide bonds. The highest BCUT2D eigenvalue weighted by Gasteiger charge is 2.31. The molecule has 4 rings (SSSR count). The quantitative estimate of drug-likeness (QED) is 0.661. The predicted molar refractivity (Wildman–Crippen MR) is 98.5 cm³/mol. The summed E-state index contributed by atoms with van der Waals surface area (Å²) in [5.74, 6) is -1.59. The van der Waals surface area contributed by atoms with Crippen LogP contribution < -0.4 is 10.7 Å². The topological polar surface area (TPSA) is 81.8 Å². The first-order chi connectivity index (χ1) is 13.0. The van der Waals surface area contributed by atoms with E-state index in [0.29, 0.717) is 11.1 Å². The summed E-state index contributed by atoms with van der Waals surface area (Å²) in [6, 6.07) is 14.5. The third-order valence-electron chi connectivity index (χ3n) is 4.69. The lowest BCUT2D eigenvalue weighted by molar-refractivity contribution is -0.148. The van der Waals surface area contributed by atoms with Crippen LogP contribution in [0.4, 0.5) is 5.69 Å². The van der Waals surface area contributed by atoms with Gasteiger partial charge in [-0.15, -0.1) is 0 Å². The van der Waals surface area contributed by atoms with Crippen molar-refractivity contribution in [2.75, 3.05) is 11.5 Å². The first-order valence-corrected chi connectivity index (χ1v) is 8.68. The van der Waals surface area contributed by atoms with Crippen molar-refractivity contribution < 1.29 is 18.7 Å². The molecule has 138 valence electrons. The van der Waals surface area contributed by atoms with Crippen LogP contribution in [0.25, 0.3) is 11.1 Å². The monoisotopic (exact) mass is 366 g/mol. The number of anilines is 1. The number of carbonyl (C=O) groups is 2. The molecule has 0 fully saturated rings. The van der Waals surface area contributed by atoms with Gasteiger partial charge in [0.1, 0.15) is 6.54 Å². The molecule has 3 aromatic rings. The number of ether oxygens (including phenoxy) is 1. The second kappa shape index (κ2) is 6.75. The van der Waals surface area contributed by atoms with Gasteiger partial charge in [-0.05, 0) is 37.1 Å². The van der Waals surface area contributed by atoms with E-state index in [1.807, 2.05) is 31.2 Å². The van der Waals surface area contributed by atoms with E-state index in [9.17, 15) is 14.4 Å². The Morgan fingerprint density at radius 3 is 2.74 bits per heavy atom. The molecule has 1 atom stereocenters. The Morgan fingerprint density at radius 2 is 1.89 bits per heavy atom. The van der Waals surface area contributed by atoms with Crippen LogP contribution in [0.5, 0.6) is 0 Å². The minimum absolute atomic E-state index is 0.00837. The van der Waals surface area contributed by atoms with Gasteiger partial charge in [0.05, 0.1) is 5.52 Å².